The average molecular weight is 453 g/mol. The number of carbonyl (C=O) groups excluding carboxylic acids is 2. The summed E-state index contributed by atoms with van der Waals surface area (Å²) in [6, 6.07) is 18.3. The second kappa shape index (κ2) is 8.99. The number of rotatable bonds is 6. The van der Waals surface area contributed by atoms with Crippen LogP contribution in [0.2, 0.25) is 0 Å². The van der Waals surface area contributed by atoms with Crippen LogP contribution < -0.4 is 21.2 Å². The van der Waals surface area contributed by atoms with Gasteiger partial charge in [-0.05, 0) is 50.6 Å². The molecule has 0 saturated carbocycles. The number of esters is 2. The Labute approximate surface area is 158 Å². The molecular formula is C20H22IO4+. The fraction of sp³-hybridized carbons (Fsp3) is 0.300. The topological polar surface area (TPSA) is 52.6 Å². The van der Waals surface area contributed by atoms with E-state index in [2.05, 4.69) is 18.2 Å². The monoisotopic (exact) mass is 453 g/mol. The Morgan fingerprint density at radius 2 is 1.60 bits per heavy atom. The minimum Gasteiger partial charge on any atom is -0.457 e. The molecule has 0 saturated heterocycles. The molecule has 25 heavy (non-hydrogen) atoms. The Morgan fingerprint density at radius 3 is 2.28 bits per heavy atom. The molecule has 0 fully saturated rings. The quantitative estimate of drug-likeness (QED) is 0.465. The standard InChI is InChI=1S/C20H22IO4/c1-20(2,3)25-19(23)14-24-18(22)13-15-8-7-11-17(12-15)21-16-9-5-4-6-10-16/h4-12H,13-14H2,1-3H3/q+1. The molecule has 0 unspecified atom stereocenters. The lowest BCUT2D eigenvalue weighted by atomic mass is 10.2. The number of carbonyl (C=O) groups is 2. The molecule has 0 aliphatic rings. The molecule has 4 nitrogen and oxygen atoms in total. The Kier molecular flexibility index (Phi) is 6.99. The minimum absolute atomic E-state index is 0.148. The van der Waals surface area contributed by atoms with Crippen LogP contribution in [0, 0.1) is 7.14 Å². The van der Waals surface area contributed by atoms with Crippen molar-refractivity contribution >= 4 is 11.9 Å². The van der Waals surface area contributed by atoms with E-state index in [1.165, 1.54) is 7.14 Å². The highest BCUT2D eigenvalue weighted by Crippen LogP contribution is 2.07. The molecule has 2 aromatic rings. The van der Waals surface area contributed by atoms with Crippen molar-refractivity contribution in [2.24, 2.45) is 0 Å². The number of hydrogen-bond acceptors (Lipinski definition) is 4. The Bertz CT molecular complexity index is 720. The Hall–Kier alpha value is -1.89. The smallest absolute Gasteiger partial charge is 0.357 e. The molecule has 0 aliphatic carbocycles. The highest BCUT2D eigenvalue weighted by molar-refractivity contribution is 5.77. The van der Waals surface area contributed by atoms with Crippen LogP contribution in [-0.4, -0.2) is 24.1 Å². The highest BCUT2D eigenvalue weighted by atomic mass is 127. The van der Waals surface area contributed by atoms with Gasteiger partial charge in [0.25, 0.3) is 0 Å². The van der Waals surface area contributed by atoms with Gasteiger partial charge in [-0.1, -0.05) is 30.3 Å². The van der Waals surface area contributed by atoms with Gasteiger partial charge in [-0.15, -0.1) is 0 Å². The average Bonchev–Trinajstić information content (AvgIpc) is 2.53. The summed E-state index contributed by atoms with van der Waals surface area (Å²) in [5.41, 5.74) is 0.307. The lowest BCUT2D eigenvalue weighted by Gasteiger charge is -2.19. The molecule has 132 valence electrons. The van der Waals surface area contributed by atoms with Crippen LogP contribution >= 0.6 is 0 Å². The molecule has 0 radical (unpaired) electrons. The van der Waals surface area contributed by atoms with Crippen molar-refractivity contribution < 1.29 is 40.3 Å². The fourth-order valence-electron chi connectivity index (χ4n) is 2.04. The first-order valence-electron chi connectivity index (χ1n) is 7.98. The molecule has 0 amide bonds. The normalized spacial score (nSPS) is 11.0. The molecule has 5 heteroatoms. The minimum atomic E-state index is -0.584. The molecule has 0 aliphatic heterocycles. The zero-order valence-corrected chi connectivity index (χ0v) is 16.8. The summed E-state index contributed by atoms with van der Waals surface area (Å²) >= 11 is -0.275. The summed E-state index contributed by atoms with van der Waals surface area (Å²) in [6.45, 7) is 4.96. The third-order valence-corrected chi connectivity index (χ3v) is 5.60. The third-order valence-electron chi connectivity index (χ3n) is 2.96. The van der Waals surface area contributed by atoms with Gasteiger partial charge in [0.1, 0.15) is 5.60 Å². The zero-order chi connectivity index (χ0) is 18.3. The first kappa shape index (κ1) is 19.4. The second-order valence-corrected chi connectivity index (χ2v) is 9.47. The van der Waals surface area contributed by atoms with Crippen LogP contribution in [-0.2, 0) is 25.5 Å². The third kappa shape index (κ3) is 7.69. The van der Waals surface area contributed by atoms with Gasteiger partial charge in [0.15, 0.2) is 13.7 Å². The first-order valence-corrected chi connectivity index (χ1v) is 10.1. The molecule has 2 aromatic carbocycles. The van der Waals surface area contributed by atoms with E-state index in [1.54, 1.807) is 20.8 Å². The van der Waals surface area contributed by atoms with Gasteiger partial charge in [0.05, 0.1) is 6.42 Å². The lowest BCUT2D eigenvalue weighted by molar-refractivity contribution is -0.597. The first-order chi connectivity index (χ1) is 11.8. The van der Waals surface area contributed by atoms with E-state index in [0.29, 0.717) is 0 Å². The van der Waals surface area contributed by atoms with Crippen molar-refractivity contribution in [1.29, 1.82) is 0 Å². The van der Waals surface area contributed by atoms with Gasteiger partial charge < -0.3 is 9.47 Å². The van der Waals surface area contributed by atoms with Gasteiger partial charge in [-0.2, -0.15) is 0 Å². The second-order valence-electron chi connectivity index (χ2n) is 6.44. The van der Waals surface area contributed by atoms with Crippen LogP contribution in [0.15, 0.2) is 54.6 Å². The summed E-state index contributed by atoms with van der Waals surface area (Å²) in [5, 5.41) is 0. The number of benzene rings is 2. The van der Waals surface area contributed by atoms with Crippen molar-refractivity contribution in [3.05, 3.63) is 67.3 Å². The van der Waals surface area contributed by atoms with Crippen LogP contribution in [0.25, 0.3) is 0 Å². The Morgan fingerprint density at radius 1 is 0.920 bits per heavy atom. The Balaban J connectivity index is 1.86. The SMILES string of the molecule is CC(C)(C)OC(=O)COC(=O)Cc1cccc([I+]c2ccccc2)c1. The van der Waals surface area contributed by atoms with Gasteiger partial charge in [-0.3, -0.25) is 4.79 Å². The van der Waals surface area contributed by atoms with Gasteiger partial charge in [0.2, 0.25) is 0 Å². The molecule has 0 N–H and O–H groups in total. The molecular weight excluding hydrogens is 431 g/mol. The van der Waals surface area contributed by atoms with Crippen molar-refractivity contribution in [2.75, 3.05) is 6.61 Å². The summed E-state index contributed by atoms with van der Waals surface area (Å²) in [6.07, 6.45) is 0.148. The zero-order valence-electron chi connectivity index (χ0n) is 14.6. The van der Waals surface area contributed by atoms with E-state index in [0.717, 1.165) is 5.56 Å². The largest absolute Gasteiger partial charge is 0.457 e. The van der Waals surface area contributed by atoms with E-state index >= 15 is 0 Å². The molecule has 0 bridgehead atoms. The maximum absolute atomic E-state index is 11.9. The molecule has 0 aromatic heterocycles. The van der Waals surface area contributed by atoms with Crippen LogP contribution in [0.1, 0.15) is 26.3 Å². The van der Waals surface area contributed by atoms with E-state index in [9.17, 15) is 9.59 Å². The summed E-state index contributed by atoms with van der Waals surface area (Å²) in [4.78, 5) is 23.5. The molecule has 0 atom stereocenters. The van der Waals surface area contributed by atoms with Gasteiger partial charge in [0, 0.05) is 0 Å². The highest BCUT2D eigenvalue weighted by Gasteiger charge is 2.19. The molecule has 2 rings (SSSR count). The summed E-state index contributed by atoms with van der Waals surface area (Å²) in [7, 11) is 0. The van der Waals surface area contributed by atoms with Crippen molar-refractivity contribution in [2.45, 2.75) is 32.8 Å². The number of hydrogen-bond donors (Lipinski definition) is 0. The van der Waals surface area contributed by atoms with Crippen molar-refractivity contribution in [1.82, 2.24) is 0 Å². The fourth-order valence-corrected chi connectivity index (χ4v) is 4.47. The maximum atomic E-state index is 11.9. The summed E-state index contributed by atoms with van der Waals surface area (Å²) < 4.78 is 12.7. The summed E-state index contributed by atoms with van der Waals surface area (Å²) in [5.74, 6) is -0.967. The van der Waals surface area contributed by atoms with E-state index in [1.807, 2.05) is 36.4 Å². The van der Waals surface area contributed by atoms with E-state index in [4.69, 9.17) is 9.47 Å². The van der Waals surface area contributed by atoms with Gasteiger partial charge in [-0.25, -0.2) is 4.79 Å². The number of halogens is 1. The van der Waals surface area contributed by atoms with Crippen LogP contribution in [0.3, 0.4) is 0 Å². The van der Waals surface area contributed by atoms with Crippen LogP contribution in [0.5, 0.6) is 0 Å². The predicted molar refractivity (Wildman–Crippen MR) is 90.8 cm³/mol. The predicted octanol–water partition coefficient (Wildman–Crippen LogP) is 0.242. The maximum Gasteiger partial charge on any atom is 0.357 e. The van der Waals surface area contributed by atoms with E-state index < -0.39 is 17.5 Å². The molecule has 0 spiro atoms. The number of ether oxygens (including phenoxy) is 2. The van der Waals surface area contributed by atoms with Crippen molar-refractivity contribution in [3.63, 3.8) is 0 Å². The van der Waals surface area contributed by atoms with Crippen LogP contribution in [0.4, 0.5) is 0 Å². The molecule has 0 heterocycles. The van der Waals surface area contributed by atoms with Crippen molar-refractivity contribution in [3.8, 4) is 0 Å². The van der Waals surface area contributed by atoms with E-state index in [-0.39, 0.29) is 34.2 Å². The lowest BCUT2D eigenvalue weighted by Crippen LogP contribution is -3.61. The van der Waals surface area contributed by atoms with Gasteiger partial charge >= 0.3 is 33.1 Å².